The van der Waals surface area contributed by atoms with Gasteiger partial charge in [0, 0.05) is 10.7 Å². The van der Waals surface area contributed by atoms with Gasteiger partial charge in [-0.15, -0.1) is 0 Å². The van der Waals surface area contributed by atoms with Crippen molar-refractivity contribution in [3.05, 3.63) is 58.1 Å². The summed E-state index contributed by atoms with van der Waals surface area (Å²) in [6.45, 7) is 5.98. The van der Waals surface area contributed by atoms with Crippen LogP contribution < -0.4 is 10.5 Å². The number of rotatable bonds is 5. The van der Waals surface area contributed by atoms with Crippen LogP contribution in [-0.4, -0.2) is 23.5 Å². The van der Waals surface area contributed by atoms with E-state index in [1.165, 1.54) is 12.1 Å². The fourth-order valence-corrected chi connectivity index (χ4v) is 2.61. The summed E-state index contributed by atoms with van der Waals surface area (Å²) in [5.74, 6) is -1.27. The molecule has 0 fully saturated rings. The SMILES string of the molecule is CC(C)(C)c1ccc(OCC(=O)c2c(N)cc(Cl)cc2C(=O)O)cc1. The maximum atomic E-state index is 12.4. The third-order valence-corrected chi connectivity index (χ3v) is 3.95. The lowest BCUT2D eigenvalue weighted by atomic mass is 9.87. The fourth-order valence-electron chi connectivity index (χ4n) is 2.38. The number of ether oxygens (including phenoxy) is 1. The van der Waals surface area contributed by atoms with Gasteiger partial charge in [-0.05, 0) is 35.2 Å². The van der Waals surface area contributed by atoms with E-state index in [0.29, 0.717) is 5.75 Å². The fraction of sp³-hybridized carbons (Fsp3) is 0.263. The van der Waals surface area contributed by atoms with E-state index < -0.39 is 11.8 Å². The Morgan fingerprint density at radius 3 is 2.28 bits per heavy atom. The van der Waals surface area contributed by atoms with Crippen molar-refractivity contribution in [2.45, 2.75) is 26.2 Å². The first-order valence-electron chi connectivity index (χ1n) is 7.68. The number of carboxylic acid groups (broad SMARTS) is 1. The molecule has 2 aromatic carbocycles. The number of carbonyl (C=O) groups excluding carboxylic acids is 1. The van der Waals surface area contributed by atoms with Crippen LogP contribution >= 0.6 is 11.6 Å². The van der Waals surface area contributed by atoms with Crippen molar-refractivity contribution >= 4 is 29.0 Å². The summed E-state index contributed by atoms with van der Waals surface area (Å²) in [5.41, 5.74) is 6.62. The molecule has 0 unspecified atom stereocenters. The molecule has 0 aliphatic heterocycles. The van der Waals surface area contributed by atoms with Gasteiger partial charge in [-0.3, -0.25) is 4.79 Å². The summed E-state index contributed by atoms with van der Waals surface area (Å²) in [5, 5.41) is 9.41. The molecule has 0 heterocycles. The average Bonchev–Trinajstić information content (AvgIpc) is 2.51. The third-order valence-electron chi connectivity index (χ3n) is 3.73. The first kappa shape index (κ1) is 18.8. The number of benzene rings is 2. The molecule has 0 aliphatic carbocycles. The number of carboxylic acids is 1. The largest absolute Gasteiger partial charge is 0.485 e. The number of Topliss-reactive ketones (excluding diaryl/α,β-unsaturated/α-hetero) is 1. The molecule has 0 bridgehead atoms. The van der Waals surface area contributed by atoms with Gasteiger partial charge in [0.2, 0.25) is 5.78 Å². The van der Waals surface area contributed by atoms with E-state index in [2.05, 4.69) is 20.8 Å². The lowest BCUT2D eigenvalue weighted by molar-refractivity contribution is 0.0690. The van der Waals surface area contributed by atoms with Crippen LogP contribution in [0.3, 0.4) is 0 Å². The Kier molecular flexibility index (Phi) is 5.38. The van der Waals surface area contributed by atoms with Crippen molar-refractivity contribution in [1.29, 1.82) is 0 Å². The van der Waals surface area contributed by atoms with Crippen LogP contribution in [0.2, 0.25) is 5.02 Å². The molecule has 0 saturated carbocycles. The number of hydrogen-bond acceptors (Lipinski definition) is 4. The van der Waals surface area contributed by atoms with Crippen molar-refractivity contribution < 1.29 is 19.4 Å². The van der Waals surface area contributed by atoms with Gasteiger partial charge in [-0.2, -0.15) is 0 Å². The van der Waals surface area contributed by atoms with Gasteiger partial charge in [-0.1, -0.05) is 44.5 Å². The van der Waals surface area contributed by atoms with E-state index in [1.54, 1.807) is 12.1 Å². The molecular weight excluding hydrogens is 342 g/mol. The number of nitrogens with two attached hydrogens (primary N) is 1. The standard InChI is InChI=1S/C19H20ClNO4/c1-19(2,3)11-4-6-13(7-5-11)25-10-16(22)17-14(18(23)24)8-12(20)9-15(17)21/h4-9H,10,21H2,1-3H3,(H,23,24). The van der Waals surface area contributed by atoms with Crippen LogP contribution in [-0.2, 0) is 5.41 Å². The Morgan fingerprint density at radius 1 is 1.16 bits per heavy atom. The molecule has 0 atom stereocenters. The van der Waals surface area contributed by atoms with Gasteiger partial charge in [0.15, 0.2) is 6.61 Å². The summed E-state index contributed by atoms with van der Waals surface area (Å²) < 4.78 is 5.48. The normalized spacial score (nSPS) is 11.2. The second-order valence-electron chi connectivity index (χ2n) is 6.71. The van der Waals surface area contributed by atoms with Crippen molar-refractivity contribution in [3.8, 4) is 5.75 Å². The number of nitrogen functional groups attached to an aromatic ring is 1. The minimum Gasteiger partial charge on any atom is -0.485 e. The zero-order chi connectivity index (χ0) is 18.8. The highest BCUT2D eigenvalue weighted by atomic mass is 35.5. The Labute approximate surface area is 151 Å². The maximum Gasteiger partial charge on any atom is 0.336 e. The number of aromatic carboxylic acids is 1. The lowest BCUT2D eigenvalue weighted by Gasteiger charge is -2.19. The van der Waals surface area contributed by atoms with Crippen LogP contribution in [0.5, 0.6) is 5.75 Å². The highest BCUT2D eigenvalue weighted by Gasteiger charge is 2.21. The molecule has 25 heavy (non-hydrogen) atoms. The topological polar surface area (TPSA) is 89.6 Å². The molecule has 3 N–H and O–H groups in total. The van der Waals surface area contributed by atoms with E-state index in [-0.39, 0.29) is 33.9 Å². The second-order valence-corrected chi connectivity index (χ2v) is 7.15. The molecule has 2 rings (SSSR count). The van der Waals surface area contributed by atoms with Gasteiger partial charge in [-0.25, -0.2) is 4.79 Å². The van der Waals surface area contributed by atoms with E-state index in [0.717, 1.165) is 5.56 Å². The number of ketones is 1. The maximum absolute atomic E-state index is 12.4. The van der Waals surface area contributed by atoms with E-state index in [9.17, 15) is 14.7 Å². The Morgan fingerprint density at radius 2 is 1.76 bits per heavy atom. The molecule has 0 aromatic heterocycles. The van der Waals surface area contributed by atoms with Crippen LogP contribution in [0.15, 0.2) is 36.4 Å². The zero-order valence-corrected chi connectivity index (χ0v) is 15.1. The van der Waals surface area contributed by atoms with Crippen molar-refractivity contribution in [2.75, 3.05) is 12.3 Å². The molecule has 132 valence electrons. The average molecular weight is 362 g/mol. The molecule has 2 aromatic rings. The minimum atomic E-state index is -1.27. The predicted octanol–water partition coefficient (Wildman–Crippen LogP) is 4.18. The number of hydrogen-bond donors (Lipinski definition) is 2. The quantitative estimate of drug-likeness (QED) is 0.616. The molecular formula is C19H20ClNO4. The number of carbonyl (C=O) groups is 2. The van der Waals surface area contributed by atoms with Crippen LogP contribution in [0.4, 0.5) is 5.69 Å². The Bertz CT molecular complexity index is 807. The van der Waals surface area contributed by atoms with Gasteiger partial charge in [0.05, 0.1) is 11.1 Å². The van der Waals surface area contributed by atoms with Gasteiger partial charge < -0.3 is 15.6 Å². The van der Waals surface area contributed by atoms with Gasteiger partial charge in [0.1, 0.15) is 5.75 Å². The molecule has 0 saturated heterocycles. The van der Waals surface area contributed by atoms with Crippen LogP contribution in [0, 0.1) is 0 Å². The van der Waals surface area contributed by atoms with Crippen molar-refractivity contribution in [3.63, 3.8) is 0 Å². The summed E-state index contributed by atoms with van der Waals surface area (Å²) in [7, 11) is 0. The lowest BCUT2D eigenvalue weighted by Crippen LogP contribution is -2.18. The van der Waals surface area contributed by atoms with Crippen molar-refractivity contribution in [1.82, 2.24) is 0 Å². The van der Waals surface area contributed by atoms with Crippen LogP contribution in [0.1, 0.15) is 47.1 Å². The van der Waals surface area contributed by atoms with E-state index in [1.807, 2.05) is 12.1 Å². The third kappa shape index (κ3) is 4.51. The zero-order valence-electron chi connectivity index (χ0n) is 14.3. The highest BCUT2D eigenvalue weighted by Crippen LogP contribution is 2.26. The molecule has 0 aliphatic rings. The molecule has 0 spiro atoms. The monoisotopic (exact) mass is 361 g/mol. The van der Waals surface area contributed by atoms with Crippen molar-refractivity contribution in [2.24, 2.45) is 0 Å². The van der Waals surface area contributed by atoms with Gasteiger partial charge in [0.25, 0.3) is 0 Å². The second kappa shape index (κ2) is 7.15. The van der Waals surface area contributed by atoms with E-state index in [4.69, 9.17) is 22.1 Å². The highest BCUT2D eigenvalue weighted by molar-refractivity contribution is 6.31. The molecule has 0 radical (unpaired) electrons. The predicted molar refractivity (Wildman–Crippen MR) is 97.8 cm³/mol. The summed E-state index contributed by atoms with van der Waals surface area (Å²) >= 11 is 5.81. The number of halogens is 1. The molecule has 0 amide bonds. The smallest absolute Gasteiger partial charge is 0.336 e. The number of anilines is 1. The Hall–Kier alpha value is -2.53. The molecule has 6 heteroatoms. The minimum absolute atomic E-state index is 0.0154. The van der Waals surface area contributed by atoms with E-state index >= 15 is 0 Å². The summed E-state index contributed by atoms with van der Waals surface area (Å²) in [4.78, 5) is 23.7. The summed E-state index contributed by atoms with van der Waals surface area (Å²) in [6, 6.07) is 9.96. The molecule has 5 nitrogen and oxygen atoms in total. The first-order valence-corrected chi connectivity index (χ1v) is 8.06. The van der Waals surface area contributed by atoms with Gasteiger partial charge >= 0.3 is 5.97 Å². The summed E-state index contributed by atoms with van der Waals surface area (Å²) in [6.07, 6.45) is 0. The Balaban J connectivity index is 2.17. The van der Waals surface area contributed by atoms with Crippen LogP contribution in [0.25, 0.3) is 0 Å². The first-order chi connectivity index (χ1) is 11.6.